The van der Waals surface area contributed by atoms with Crippen LogP contribution in [-0.2, 0) is 5.41 Å². The molecule has 0 atom stereocenters. The number of rotatable bonds is 6. The largest absolute Gasteiger partial charge is 0.311 e. The quantitative estimate of drug-likeness (QED) is 0.154. The Morgan fingerprint density at radius 1 is 0.244 bits per heavy atom. The maximum absolute atomic E-state index is 2.72. The van der Waals surface area contributed by atoms with Gasteiger partial charge in [-0.05, 0) is 150 Å². The van der Waals surface area contributed by atoms with Crippen molar-refractivity contribution in [3.8, 4) is 55.9 Å². The van der Waals surface area contributed by atoms with Gasteiger partial charge in [0.1, 0.15) is 0 Å². The van der Waals surface area contributed by atoms with Gasteiger partial charge in [0.25, 0.3) is 6.71 Å². The van der Waals surface area contributed by atoms with Crippen LogP contribution >= 0.6 is 0 Å². The number of aromatic nitrogens is 2. The molecule has 0 N–H and O–H groups in total. The van der Waals surface area contributed by atoms with Gasteiger partial charge in [0.15, 0.2) is 0 Å². The molecule has 2 aliphatic heterocycles. The number of hydrogen-bond acceptors (Lipinski definition) is 2. The number of anilines is 6. The molecule has 14 aromatic carbocycles. The van der Waals surface area contributed by atoms with Crippen LogP contribution in [0.25, 0.3) is 99.5 Å². The number of benzene rings is 14. The Morgan fingerprint density at radius 2 is 0.667 bits per heavy atom. The first-order chi connectivity index (χ1) is 44.7. The molecule has 4 aliphatic rings. The number of para-hydroxylation sites is 4. The molecule has 0 saturated carbocycles. The summed E-state index contributed by atoms with van der Waals surface area (Å²) in [6.45, 7) is -0.185. The zero-order valence-corrected chi connectivity index (χ0v) is 49.0. The topological polar surface area (TPSA) is 16.3 Å². The number of fused-ring (bicyclic) bond motifs is 20. The van der Waals surface area contributed by atoms with E-state index in [9.17, 15) is 0 Å². The van der Waals surface area contributed by atoms with E-state index in [4.69, 9.17) is 0 Å². The lowest BCUT2D eigenvalue weighted by Crippen LogP contribution is -2.61. The van der Waals surface area contributed by atoms with Crippen LogP contribution in [0.1, 0.15) is 22.3 Å². The molecule has 0 unspecified atom stereocenters. The third kappa shape index (κ3) is 6.65. The third-order valence-electron chi connectivity index (χ3n) is 20.3. The highest BCUT2D eigenvalue weighted by molar-refractivity contribution is 7.00. The highest BCUT2D eigenvalue weighted by Crippen LogP contribution is 2.66. The van der Waals surface area contributed by atoms with Gasteiger partial charge in [0, 0.05) is 61.2 Å². The van der Waals surface area contributed by atoms with Crippen molar-refractivity contribution in [3.05, 3.63) is 344 Å². The van der Waals surface area contributed by atoms with E-state index in [0.29, 0.717) is 0 Å². The van der Waals surface area contributed by atoms with Crippen molar-refractivity contribution >= 4 is 101 Å². The zero-order chi connectivity index (χ0) is 58.8. The molecule has 4 nitrogen and oxygen atoms in total. The molecule has 4 heterocycles. The monoisotopic (exact) mass is 1140 g/mol. The highest BCUT2D eigenvalue weighted by Gasteiger charge is 2.54. The fourth-order valence-corrected chi connectivity index (χ4v) is 16.7. The first-order valence-electron chi connectivity index (χ1n) is 31.4. The van der Waals surface area contributed by atoms with E-state index in [1.54, 1.807) is 0 Å². The molecule has 0 bridgehead atoms. The Morgan fingerprint density at radius 3 is 1.23 bits per heavy atom. The summed E-state index contributed by atoms with van der Waals surface area (Å²) in [5, 5.41) is 4.92. The fourth-order valence-electron chi connectivity index (χ4n) is 16.7. The van der Waals surface area contributed by atoms with Crippen LogP contribution in [0, 0.1) is 0 Å². The summed E-state index contributed by atoms with van der Waals surface area (Å²) in [6.07, 6.45) is 0. The van der Waals surface area contributed by atoms with E-state index in [-0.39, 0.29) is 6.71 Å². The van der Waals surface area contributed by atoms with Crippen molar-refractivity contribution in [1.82, 2.24) is 9.13 Å². The standard InChI is InChI=1S/C85H53BN4/c1-3-22-54(23-4-1)56-42-45-58(46-43-56)87-78-49-44-57(55-24-5-2-6-25-55)50-73(78)86-72-48-47-59(88-74-37-17-10-29-64(74)65-30-11-18-38-75(65)88)51-80(72)90(82-53-60(52-81(87)84(82)86)89-76-39-19-12-31-66(76)67-32-13-20-40-77(67)89)79-41-21-33-68-63-28-9-16-36-71(63)85(83(68)79)69-34-14-7-26-61(69)62-27-8-15-35-70(62)85/h1-53H. The van der Waals surface area contributed by atoms with Gasteiger partial charge in [-0.1, -0.05) is 249 Å². The minimum absolute atomic E-state index is 0.185. The molecule has 0 fully saturated rings. The van der Waals surface area contributed by atoms with Gasteiger partial charge in [-0.15, -0.1) is 0 Å². The first kappa shape index (κ1) is 49.5. The van der Waals surface area contributed by atoms with Crippen molar-refractivity contribution in [1.29, 1.82) is 0 Å². The van der Waals surface area contributed by atoms with Crippen LogP contribution in [0.5, 0.6) is 0 Å². The number of hydrogen-bond donors (Lipinski definition) is 0. The molecular formula is C85H53BN4. The molecule has 90 heavy (non-hydrogen) atoms. The van der Waals surface area contributed by atoms with E-state index in [1.165, 1.54) is 116 Å². The maximum atomic E-state index is 2.72. The van der Waals surface area contributed by atoms with Crippen LogP contribution in [0.2, 0.25) is 0 Å². The van der Waals surface area contributed by atoms with Crippen molar-refractivity contribution < 1.29 is 0 Å². The minimum Gasteiger partial charge on any atom is -0.311 e. The van der Waals surface area contributed by atoms with Crippen molar-refractivity contribution in [2.75, 3.05) is 9.80 Å². The van der Waals surface area contributed by atoms with Gasteiger partial charge in [0.2, 0.25) is 0 Å². The molecule has 0 radical (unpaired) electrons. The van der Waals surface area contributed by atoms with Crippen LogP contribution in [0.3, 0.4) is 0 Å². The Labute approximate surface area is 521 Å². The molecule has 1 spiro atoms. The summed E-state index contributed by atoms with van der Waals surface area (Å²) in [5.41, 5.74) is 31.9. The van der Waals surface area contributed by atoms with Crippen LogP contribution in [0.15, 0.2) is 322 Å². The third-order valence-corrected chi connectivity index (χ3v) is 20.3. The van der Waals surface area contributed by atoms with Gasteiger partial charge in [-0.3, -0.25) is 0 Å². The Hall–Kier alpha value is -11.7. The molecular weight excluding hydrogens is 1090 g/mol. The van der Waals surface area contributed by atoms with Crippen molar-refractivity contribution in [2.24, 2.45) is 0 Å². The molecule has 16 aromatic rings. The summed E-state index contributed by atoms with van der Waals surface area (Å²) >= 11 is 0. The van der Waals surface area contributed by atoms with Gasteiger partial charge >= 0.3 is 0 Å². The molecule has 2 aliphatic carbocycles. The van der Waals surface area contributed by atoms with E-state index >= 15 is 0 Å². The maximum Gasteiger partial charge on any atom is 0.252 e. The molecule has 5 heteroatoms. The van der Waals surface area contributed by atoms with Gasteiger partial charge in [0.05, 0.1) is 38.9 Å². The predicted octanol–water partition coefficient (Wildman–Crippen LogP) is 19.6. The SMILES string of the molecule is c1ccc(-c2ccc(N3c4ccc(-c5ccccc5)cc4B4c5ccc(-n6c7ccccc7c7ccccc76)cc5N(c5cccc6c5C5(c7ccccc7-c7ccccc75)c5ccccc5-6)c5cc(-n6c7ccccc7c7ccccc76)cc3c54)cc2)cc1. The molecule has 0 amide bonds. The Kier molecular flexibility index (Phi) is 10.3. The smallest absolute Gasteiger partial charge is 0.252 e. The van der Waals surface area contributed by atoms with E-state index < -0.39 is 5.41 Å². The second kappa shape index (κ2) is 18.7. The first-order valence-corrected chi connectivity index (χ1v) is 31.4. The second-order valence-electron chi connectivity index (χ2n) is 24.6. The molecule has 0 saturated heterocycles. The van der Waals surface area contributed by atoms with Crippen LogP contribution < -0.4 is 26.2 Å². The lowest BCUT2D eigenvalue weighted by Gasteiger charge is -2.45. The zero-order valence-electron chi connectivity index (χ0n) is 49.0. The Bertz CT molecular complexity index is 5530. The van der Waals surface area contributed by atoms with E-state index in [0.717, 1.165) is 56.5 Å². The van der Waals surface area contributed by atoms with Crippen LogP contribution in [-0.4, -0.2) is 15.8 Å². The average molecular weight is 1140 g/mol. The molecule has 416 valence electrons. The molecule has 2 aromatic heterocycles. The lowest BCUT2D eigenvalue weighted by molar-refractivity contribution is 0.793. The summed E-state index contributed by atoms with van der Waals surface area (Å²) in [7, 11) is 0. The minimum atomic E-state index is -0.647. The van der Waals surface area contributed by atoms with E-state index in [2.05, 4.69) is 340 Å². The normalized spacial score (nSPS) is 13.6. The van der Waals surface area contributed by atoms with E-state index in [1.807, 2.05) is 0 Å². The van der Waals surface area contributed by atoms with Crippen molar-refractivity contribution in [3.63, 3.8) is 0 Å². The summed E-state index contributed by atoms with van der Waals surface area (Å²) in [6, 6.07) is 121. The fraction of sp³-hybridized carbons (Fsp3) is 0.0118. The second-order valence-corrected chi connectivity index (χ2v) is 24.6. The lowest BCUT2D eigenvalue weighted by atomic mass is 9.33. The van der Waals surface area contributed by atoms with Gasteiger partial charge < -0.3 is 18.9 Å². The summed E-state index contributed by atoms with van der Waals surface area (Å²) in [4.78, 5) is 5.30. The van der Waals surface area contributed by atoms with Crippen molar-refractivity contribution in [2.45, 2.75) is 5.41 Å². The highest BCUT2D eigenvalue weighted by atomic mass is 15.2. The van der Waals surface area contributed by atoms with Gasteiger partial charge in [-0.25, -0.2) is 0 Å². The average Bonchev–Trinajstić information content (AvgIpc) is 1.44. The molecule has 20 rings (SSSR count). The summed E-state index contributed by atoms with van der Waals surface area (Å²) in [5.74, 6) is 0. The number of nitrogens with zero attached hydrogens (tertiary/aromatic N) is 4. The van der Waals surface area contributed by atoms with Crippen LogP contribution in [0.4, 0.5) is 34.1 Å². The Balaban J connectivity index is 0.956. The summed E-state index contributed by atoms with van der Waals surface area (Å²) < 4.78 is 5.03. The van der Waals surface area contributed by atoms with Gasteiger partial charge in [-0.2, -0.15) is 0 Å². The predicted molar refractivity (Wildman–Crippen MR) is 376 cm³/mol.